The van der Waals surface area contributed by atoms with Crippen LogP contribution in [-0.2, 0) is 14.3 Å². The summed E-state index contributed by atoms with van der Waals surface area (Å²) in [6, 6.07) is 6.83. The van der Waals surface area contributed by atoms with Gasteiger partial charge in [0.25, 0.3) is 0 Å². The van der Waals surface area contributed by atoms with E-state index in [1.165, 1.54) is 0 Å². The van der Waals surface area contributed by atoms with Crippen LogP contribution in [0.25, 0.3) is 0 Å². The Morgan fingerprint density at radius 2 is 2.24 bits per heavy atom. The number of benzene rings is 1. The maximum Gasteiger partial charge on any atom is 0.340 e. The van der Waals surface area contributed by atoms with Gasteiger partial charge >= 0.3 is 5.97 Å². The van der Waals surface area contributed by atoms with Crippen molar-refractivity contribution < 1.29 is 19.1 Å². The molecular weight excluding hydrogens is 272 g/mol. The largest absolute Gasteiger partial charge is 0.462 e. The highest BCUT2D eigenvalue weighted by molar-refractivity contribution is 6.01. The Hall–Kier alpha value is -1.92. The van der Waals surface area contributed by atoms with Crippen LogP contribution in [0.3, 0.4) is 0 Å². The van der Waals surface area contributed by atoms with E-state index in [1.54, 1.807) is 31.2 Å². The van der Waals surface area contributed by atoms with Crippen LogP contribution in [0.2, 0.25) is 0 Å². The predicted molar refractivity (Wildman–Crippen MR) is 78.3 cm³/mol. The molecule has 0 aliphatic carbocycles. The fraction of sp³-hybridized carbons (Fsp3) is 0.467. The number of esters is 1. The van der Waals surface area contributed by atoms with E-state index in [0.717, 1.165) is 6.54 Å². The van der Waals surface area contributed by atoms with E-state index in [1.807, 2.05) is 0 Å². The number of anilines is 1. The third kappa shape index (κ3) is 4.54. The molecular formula is C15H20N2O4. The van der Waals surface area contributed by atoms with Crippen LogP contribution in [0, 0.1) is 0 Å². The van der Waals surface area contributed by atoms with E-state index in [4.69, 9.17) is 9.47 Å². The molecule has 0 radical (unpaired) electrons. The Kier molecular flexibility index (Phi) is 5.71. The molecule has 1 aliphatic heterocycles. The lowest BCUT2D eigenvalue weighted by Gasteiger charge is -2.23. The number of carbonyl (C=O) groups is 2. The number of morpholine rings is 1. The Labute approximate surface area is 123 Å². The molecule has 2 rings (SSSR count). The summed E-state index contributed by atoms with van der Waals surface area (Å²) in [4.78, 5) is 23.9. The fourth-order valence-electron chi connectivity index (χ4n) is 2.15. The SMILES string of the molecule is CCOC(=O)c1ccccc1NC(=O)CC1COCCN1. The molecule has 1 aliphatic rings. The molecule has 1 amide bonds. The van der Waals surface area contributed by atoms with Crippen molar-refractivity contribution >= 4 is 17.6 Å². The molecule has 0 bridgehead atoms. The van der Waals surface area contributed by atoms with Crippen LogP contribution in [0.1, 0.15) is 23.7 Å². The molecule has 0 spiro atoms. The van der Waals surface area contributed by atoms with Crippen molar-refractivity contribution in [3.05, 3.63) is 29.8 Å². The molecule has 1 fully saturated rings. The summed E-state index contributed by atoms with van der Waals surface area (Å²) < 4.78 is 10.3. The second-order valence-electron chi connectivity index (χ2n) is 4.74. The maximum atomic E-state index is 12.1. The van der Waals surface area contributed by atoms with Crippen LogP contribution in [0.4, 0.5) is 5.69 Å². The molecule has 21 heavy (non-hydrogen) atoms. The first-order valence-corrected chi connectivity index (χ1v) is 7.08. The van der Waals surface area contributed by atoms with Crippen molar-refractivity contribution in [2.45, 2.75) is 19.4 Å². The normalized spacial score (nSPS) is 18.0. The van der Waals surface area contributed by atoms with E-state index >= 15 is 0 Å². The van der Waals surface area contributed by atoms with E-state index in [-0.39, 0.29) is 11.9 Å². The van der Waals surface area contributed by atoms with Gasteiger partial charge in [-0.05, 0) is 19.1 Å². The quantitative estimate of drug-likeness (QED) is 0.797. The zero-order valence-electron chi connectivity index (χ0n) is 12.1. The highest BCUT2D eigenvalue weighted by Crippen LogP contribution is 2.17. The van der Waals surface area contributed by atoms with Crippen molar-refractivity contribution in [1.29, 1.82) is 0 Å². The van der Waals surface area contributed by atoms with Gasteiger partial charge in [0.05, 0.1) is 31.1 Å². The van der Waals surface area contributed by atoms with Gasteiger partial charge in [0.15, 0.2) is 0 Å². The van der Waals surface area contributed by atoms with Crippen molar-refractivity contribution in [2.75, 3.05) is 31.7 Å². The van der Waals surface area contributed by atoms with Crippen LogP contribution < -0.4 is 10.6 Å². The van der Waals surface area contributed by atoms with Gasteiger partial charge in [0.2, 0.25) is 5.91 Å². The van der Waals surface area contributed by atoms with Crippen molar-refractivity contribution in [3.63, 3.8) is 0 Å². The summed E-state index contributed by atoms with van der Waals surface area (Å²) in [5.41, 5.74) is 0.832. The molecule has 1 aromatic rings. The Morgan fingerprint density at radius 3 is 2.95 bits per heavy atom. The van der Waals surface area contributed by atoms with Gasteiger partial charge in [0.1, 0.15) is 0 Å². The number of amides is 1. The number of rotatable bonds is 5. The van der Waals surface area contributed by atoms with Crippen LogP contribution in [-0.4, -0.2) is 44.3 Å². The minimum atomic E-state index is -0.437. The Morgan fingerprint density at radius 1 is 1.43 bits per heavy atom. The second-order valence-corrected chi connectivity index (χ2v) is 4.74. The first-order valence-electron chi connectivity index (χ1n) is 7.08. The summed E-state index contributed by atoms with van der Waals surface area (Å²) in [5.74, 6) is -0.595. The Balaban J connectivity index is 1.98. The number of nitrogens with one attached hydrogen (secondary N) is 2. The van der Waals surface area contributed by atoms with Crippen molar-refractivity contribution in [3.8, 4) is 0 Å². The average molecular weight is 292 g/mol. The van der Waals surface area contributed by atoms with E-state index < -0.39 is 5.97 Å². The lowest BCUT2D eigenvalue weighted by Crippen LogP contribution is -2.43. The molecule has 1 saturated heterocycles. The summed E-state index contributed by atoms with van der Waals surface area (Å²) in [6.07, 6.45) is 0.303. The Bertz CT molecular complexity index is 498. The van der Waals surface area contributed by atoms with Gasteiger partial charge in [-0.2, -0.15) is 0 Å². The monoisotopic (exact) mass is 292 g/mol. The number of para-hydroxylation sites is 1. The van der Waals surface area contributed by atoms with Gasteiger partial charge in [-0.1, -0.05) is 12.1 Å². The second kappa shape index (κ2) is 7.75. The average Bonchev–Trinajstić information content (AvgIpc) is 2.49. The van der Waals surface area contributed by atoms with Gasteiger partial charge in [-0.3, -0.25) is 4.79 Å². The van der Waals surface area contributed by atoms with Crippen LogP contribution >= 0.6 is 0 Å². The van der Waals surface area contributed by atoms with E-state index in [2.05, 4.69) is 10.6 Å². The number of hydrogen-bond donors (Lipinski definition) is 2. The summed E-state index contributed by atoms with van der Waals surface area (Å²) in [6.45, 7) is 3.98. The third-order valence-corrected chi connectivity index (χ3v) is 3.13. The molecule has 1 unspecified atom stereocenters. The molecule has 1 atom stereocenters. The number of carbonyl (C=O) groups excluding carboxylic acids is 2. The van der Waals surface area contributed by atoms with Gasteiger partial charge < -0.3 is 20.1 Å². The molecule has 0 aromatic heterocycles. The van der Waals surface area contributed by atoms with E-state index in [0.29, 0.717) is 37.5 Å². The first-order chi connectivity index (χ1) is 10.2. The molecule has 0 saturated carbocycles. The number of ether oxygens (including phenoxy) is 2. The highest BCUT2D eigenvalue weighted by Gasteiger charge is 2.19. The van der Waals surface area contributed by atoms with Gasteiger partial charge in [-0.25, -0.2) is 4.79 Å². The molecule has 2 N–H and O–H groups in total. The molecule has 1 heterocycles. The van der Waals surface area contributed by atoms with Gasteiger partial charge in [0, 0.05) is 19.0 Å². The molecule has 1 aromatic carbocycles. The van der Waals surface area contributed by atoms with Crippen LogP contribution in [0.15, 0.2) is 24.3 Å². The smallest absolute Gasteiger partial charge is 0.340 e. The lowest BCUT2D eigenvalue weighted by molar-refractivity contribution is -0.117. The summed E-state index contributed by atoms with van der Waals surface area (Å²) >= 11 is 0. The topological polar surface area (TPSA) is 76.7 Å². The van der Waals surface area contributed by atoms with E-state index in [9.17, 15) is 9.59 Å². The van der Waals surface area contributed by atoms with Crippen LogP contribution in [0.5, 0.6) is 0 Å². The molecule has 114 valence electrons. The summed E-state index contributed by atoms with van der Waals surface area (Å²) in [7, 11) is 0. The van der Waals surface area contributed by atoms with Crippen molar-refractivity contribution in [1.82, 2.24) is 5.32 Å². The summed E-state index contributed by atoms with van der Waals surface area (Å²) in [5, 5.41) is 5.98. The minimum Gasteiger partial charge on any atom is -0.462 e. The number of hydrogen-bond acceptors (Lipinski definition) is 5. The van der Waals surface area contributed by atoms with Crippen molar-refractivity contribution in [2.24, 2.45) is 0 Å². The third-order valence-electron chi connectivity index (χ3n) is 3.13. The minimum absolute atomic E-state index is 0.00788. The maximum absolute atomic E-state index is 12.1. The first kappa shape index (κ1) is 15.5. The fourth-order valence-corrected chi connectivity index (χ4v) is 2.15. The predicted octanol–water partition coefficient (Wildman–Crippen LogP) is 1.18. The molecule has 6 heteroatoms. The van der Waals surface area contributed by atoms with Gasteiger partial charge in [-0.15, -0.1) is 0 Å². The standard InChI is InChI=1S/C15H20N2O4/c1-2-21-15(19)12-5-3-4-6-13(12)17-14(18)9-11-10-20-8-7-16-11/h3-6,11,16H,2,7-10H2,1H3,(H,17,18). The highest BCUT2D eigenvalue weighted by atomic mass is 16.5. The zero-order chi connectivity index (χ0) is 15.1. The zero-order valence-corrected chi connectivity index (χ0v) is 12.1. The lowest BCUT2D eigenvalue weighted by atomic mass is 10.1. The molecule has 6 nitrogen and oxygen atoms in total.